The zero-order valence-electron chi connectivity index (χ0n) is 29.9. The van der Waals surface area contributed by atoms with E-state index >= 15 is 0 Å². The Kier molecular flexibility index (Phi) is 12.5. The molecule has 0 amide bonds. The van der Waals surface area contributed by atoms with Gasteiger partial charge in [0.1, 0.15) is 23.9 Å². The maximum Gasteiger partial charge on any atom is 0.306 e. The molecule has 1 saturated carbocycles. The topological polar surface area (TPSA) is 201 Å². The number of rotatable bonds is 9. The van der Waals surface area contributed by atoms with Crippen molar-refractivity contribution in [3.8, 4) is 11.5 Å². The lowest BCUT2D eigenvalue weighted by Gasteiger charge is -2.66. The van der Waals surface area contributed by atoms with Crippen LogP contribution in [0, 0.1) is 23.7 Å². The molecule has 0 spiro atoms. The Balaban J connectivity index is 1.50. The van der Waals surface area contributed by atoms with E-state index < -0.39 is 72.2 Å². The van der Waals surface area contributed by atoms with Crippen molar-refractivity contribution in [2.45, 2.75) is 94.2 Å². The Labute approximate surface area is 311 Å². The fourth-order valence-electron chi connectivity index (χ4n) is 8.41. The number of nitrogens with one attached hydrogen (secondary N) is 1. The molecule has 7 N–H and O–H groups in total. The van der Waals surface area contributed by atoms with E-state index in [2.05, 4.69) is 19.2 Å². The number of esters is 1. The summed E-state index contributed by atoms with van der Waals surface area (Å²) >= 11 is 0. The molecular weight excluding hydrogens is 715 g/mol. The predicted molar refractivity (Wildman–Crippen MR) is 196 cm³/mol. The largest absolute Gasteiger partial charge is 0.485 e. The fourth-order valence-corrected chi connectivity index (χ4v) is 11.2. The van der Waals surface area contributed by atoms with Gasteiger partial charge in [-0.25, -0.2) is 0 Å². The lowest BCUT2D eigenvalue weighted by molar-refractivity contribution is -0.416. The third-order valence-electron chi connectivity index (χ3n) is 11.2. The summed E-state index contributed by atoms with van der Waals surface area (Å²) in [4.78, 5) is 12.6. The molecule has 290 valence electrons. The highest BCUT2D eigenvalue weighted by Gasteiger charge is 2.76. The first-order valence-electron chi connectivity index (χ1n) is 18.3. The number of fused-ring (bicyclic) bond motifs is 11. The number of benzene rings is 1. The van der Waals surface area contributed by atoms with Gasteiger partial charge in [-0.05, 0) is 62.1 Å². The first-order valence-corrected chi connectivity index (χ1v) is 20.8. The molecule has 2 aromatic rings. The van der Waals surface area contributed by atoms with Crippen LogP contribution >= 0.6 is 21.6 Å². The lowest BCUT2D eigenvalue weighted by Crippen LogP contribution is -2.85. The molecule has 2 aliphatic carbocycles. The van der Waals surface area contributed by atoms with Gasteiger partial charge in [0, 0.05) is 54.3 Å². The van der Waals surface area contributed by atoms with Gasteiger partial charge < -0.3 is 59.3 Å². The highest BCUT2D eigenvalue weighted by Crippen LogP contribution is 2.60. The summed E-state index contributed by atoms with van der Waals surface area (Å²) in [7, 11) is 2.94. The monoisotopic (exact) mass is 767 g/mol. The molecule has 2 aliphatic heterocycles. The van der Waals surface area contributed by atoms with Crippen molar-refractivity contribution in [3.05, 3.63) is 36.1 Å². The molecule has 3 heterocycles. The number of furan rings is 1. The molecule has 2 fully saturated rings. The minimum atomic E-state index is -2.42. The van der Waals surface area contributed by atoms with Crippen molar-refractivity contribution in [2.75, 3.05) is 44.5 Å². The zero-order valence-corrected chi connectivity index (χ0v) is 31.6. The van der Waals surface area contributed by atoms with Gasteiger partial charge >= 0.3 is 5.97 Å². The quantitative estimate of drug-likeness (QED) is 0.112. The summed E-state index contributed by atoms with van der Waals surface area (Å²) in [6, 6.07) is 3.67. The molecule has 6 rings (SSSR count). The number of hydrogen-bond donors (Lipinski definition) is 7. The minimum Gasteiger partial charge on any atom is -0.485 e. The molecule has 13 nitrogen and oxygen atoms in total. The molecule has 1 aromatic carbocycles. The van der Waals surface area contributed by atoms with Crippen LogP contribution in [0.2, 0.25) is 0 Å². The Hall–Kier alpha value is -2.05. The van der Waals surface area contributed by atoms with Crippen LogP contribution in [0.25, 0.3) is 11.0 Å². The smallest absolute Gasteiger partial charge is 0.306 e. The highest BCUT2D eigenvalue weighted by atomic mass is 33.1. The number of hydrogen-bond acceptors (Lipinski definition) is 15. The van der Waals surface area contributed by atoms with Crippen molar-refractivity contribution in [2.24, 2.45) is 23.7 Å². The van der Waals surface area contributed by atoms with Gasteiger partial charge in [0.15, 0.2) is 16.9 Å². The van der Waals surface area contributed by atoms with Crippen molar-refractivity contribution < 1.29 is 58.8 Å². The van der Waals surface area contributed by atoms with Gasteiger partial charge in [0.2, 0.25) is 12.0 Å². The van der Waals surface area contributed by atoms with Gasteiger partial charge in [-0.1, -0.05) is 47.6 Å². The lowest BCUT2D eigenvalue weighted by atomic mass is 9.51. The number of carbonyl (C=O) groups excluding carboxylic acids is 1. The third kappa shape index (κ3) is 7.23. The zero-order chi connectivity index (χ0) is 37.3. The van der Waals surface area contributed by atoms with Crippen LogP contribution in [0.5, 0.6) is 11.5 Å². The standard InChI is InChI=1S/C37H53NO12S2/c1-4-46-28(42)10-7-22-15-23-11-13-47-30(23)32-31(22)49-34-37(45)29-24(6-9-27(41)26(29)17-39)16-36(44,33(37)43)35(19-40,50-34)20-52-51-18-25(8-5-21(2)3)38-12-14-48-32/h6,9,11,13,15,21,24-27,29,33-34,38-41,43-45H,4-5,7-8,10,12,14,16-20H2,1-3H3/t24-,25+,26+,27-,29-,33-,34+,35-,36-,37+/m0/s1. The number of allylic oxidation sites excluding steroid dienone is 1. The number of aliphatic hydroxyl groups excluding tert-OH is 4. The van der Waals surface area contributed by atoms with Crippen molar-refractivity contribution in [3.63, 3.8) is 0 Å². The number of carbonyl (C=O) groups is 1. The van der Waals surface area contributed by atoms with Gasteiger partial charge in [-0.3, -0.25) is 4.79 Å². The Morgan fingerprint density at radius 3 is 2.69 bits per heavy atom. The molecule has 0 unspecified atom stereocenters. The summed E-state index contributed by atoms with van der Waals surface area (Å²) in [5, 5.41) is 74.6. The molecule has 1 aromatic heterocycles. The van der Waals surface area contributed by atoms with Gasteiger partial charge in [0.25, 0.3) is 0 Å². The maximum atomic E-state index is 12.9. The van der Waals surface area contributed by atoms with E-state index in [0.29, 0.717) is 34.7 Å². The van der Waals surface area contributed by atoms with E-state index in [1.54, 1.807) is 35.9 Å². The summed E-state index contributed by atoms with van der Waals surface area (Å²) < 4.78 is 30.9. The van der Waals surface area contributed by atoms with Crippen molar-refractivity contribution >= 4 is 38.5 Å². The minimum absolute atomic E-state index is 0.00698. The van der Waals surface area contributed by atoms with E-state index in [4.69, 9.17) is 23.4 Å². The molecule has 15 heteroatoms. The fraction of sp³-hybridized carbons (Fsp3) is 0.703. The average molecular weight is 768 g/mol. The van der Waals surface area contributed by atoms with Crippen molar-refractivity contribution in [1.29, 1.82) is 0 Å². The third-order valence-corrected chi connectivity index (χ3v) is 13.8. The first kappa shape index (κ1) is 39.6. The molecule has 4 bridgehead atoms. The predicted octanol–water partition coefficient (Wildman–Crippen LogP) is 2.56. The Morgan fingerprint density at radius 2 is 1.96 bits per heavy atom. The summed E-state index contributed by atoms with van der Waals surface area (Å²) in [5.41, 5.74) is -5.57. The highest BCUT2D eigenvalue weighted by molar-refractivity contribution is 8.76. The van der Waals surface area contributed by atoms with Gasteiger partial charge in [-0.2, -0.15) is 0 Å². The summed E-state index contributed by atoms with van der Waals surface area (Å²) in [5.74, 6) is -1.56. The van der Waals surface area contributed by atoms with Crippen LogP contribution in [0.4, 0.5) is 0 Å². The van der Waals surface area contributed by atoms with E-state index in [0.717, 1.165) is 12.8 Å². The summed E-state index contributed by atoms with van der Waals surface area (Å²) in [6.45, 7) is 5.72. The van der Waals surface area contributed by atoms with Gasteiger partial charge in [-0.15, -0.1) is 0 Å². The van der Waals surface area contributed by atoms with E-state index in [9.17, 15) is 35.4 Å². The van der Waals surface area contributed by atoms with Crippen molar-refractivity contribution in [1.82, 2.24) is 5.32 Å². The van der Waals surface area contributed by atoms with Crippen LogP contribution in [0.15, 0.2) is 35.0 Å². The second-order valence-electron chi connectivity index (χ2n) is 14.9. The second kappa shape index (κ2) is 16.4. The van der Waals surface area contributed by atoms with Crippen LogP contribution in [-0.2, 0) is 20.7 Å². The number of aliphatic hydroxyl groups is 6. The van der Waals surface area contributed by atoms with E-state index in [1.165, 1.54) is 23.1 Å². The van der Waals surface area contributed by atoms with E-state index in [-0.39, 0.29) is 55.8 Å². The van der Waals surface area contributed by atoms with Crippen LogP contribution < -0.4 is 14.8 Å². The summed E-state index contributed by atoms with van der Waals surface area (Å²) in [6.07, 6.45) is 1.77. The first-order chi connectivity index (χ1) is 24.9. The SMILES string of the molecule is CCOC(=O)CCc1cc2ccoc2c2c1O[C@@H]1O[C@@](CO)(CSSC[C@@H](CCC(C)C)NCCO2)[C@]2(O)C[C@@H]3C=C[C@H](O)[C@@H](CO)[C@H]3[C@@]1(O)[C@H]2O. The van der Waals surface area contributed by atoms with E-state index in [1.807, 2.05) is 0 Å². The Bertz CT molecular complexity index is 1570. The molecule has 52 heavy (non-hydrogen) atoms. The van der Waals surface area contributed by atoms with Crippen LogP contribution in [0.1, 0.15) is 52.0 Å². The van der Waals surface area contributed by atoms with Crippen LogP contribution in [-0.4, -0.2) is 122 Å². The Morgan fingerprint density at radius 1 is 1.15 bits per heavy atom. The van der Waals surface area contributed by atoms with Gasteiger partial charge in [0.05, 0.1) is 25.6 Å². The maximum absolute atomic E-state index is 12.9. The normalized spacial score (nSPS) is 36.5. The molecule has 10 atom stereocenters. The molecule has 1 saturated heterocycles. The number of aryl methyl sites for hydroxylation is 1. The molecule has 4 aliphatic rings. The van der Waals surface area contributed by atoms with Crippen LogP contribution in [0.3, 0.4) is 0 Å². The molecule has 0 radical (unpaired) electrons. The average Bonchev–Trinajstić information content (AvgIpc) is 3.59. The second-order valence-corrected chi connectivity index (χ2v) is 17.4. The molecular formula is C37H53NO12S2. The number of ether oxygens (including phenoxy) is 4.